The highest BCUT2D eigenvalue weighted by Gasteiger charge is 2.47. The van der Waals surface area contributed by atoms with Gasteiger partial charge in [0.05, 0.1) is 19.4 Å². The minimum atomic E-state index is -0.555. The number of fused-ring (bicyclic) bond motifs is 1. The van der Waals surface area contributed by atoms with Gasteiger partial charge in [-0.3, -0.25) is 14.0 Å². The first-order chi connectivity index (χ1) is 21.8. The van der Waals surface area contributed by atoms with Crippen molar-refractivity contribution in [1.82, 2.24) is 4.90 Å². The maximum atomic E-state index is 14.1. The van der Waals surface area contributed by atoms with Crippen LogP contribution in [0.2, 0.25) is 0 Å². The molecule has 1 aromatic heterocycles. The number of benzene rings is 1. The van der Waals surface area contributed by atoms with Crippen molar-refractivity contribution in [3.8, 4) is 0 Å². The minimum Gasteiger partial charge on any atom is -0.460 e. The third-order valence-electron chi connectivity index (χ3n) is 11.0. The van der Waals surface area contributed by atoms with Crippen LogP contribution in [0.5, 0.6) is 0 Å². The number of rotatable bonds is 11. The molecule has 0 bridgehead atoms. The number of hydrogen-bond donors (Lipinski definition) is 2. The number of methoxy groups -OCH3 is 1. The highest BCUT2D eigenvalue weighted by atomic mass is 19.1. The van der Waals surface area contributed by atoms with Gasteiger partial charge in [-0.1, -0.05) is 0 Å². The van der Waals surface area contributed by atoms with E-state index in [1.807, 2.05) is 4.90 Å². The van der Waals surface area contributed by atoms with E-state index in [0.717, 1.165) is 70.6 Å². The third kappa shape index (κ3) is 7.38. The number of hydrogen-bond acceptors (Lipinski definition) is 7. The number of carbonyl (C=O) groups is 3. The van der Waals surface area contributed by atoms with Crippen molar-refractivity contribution in [3.63, 3.8) is 0 Å². The van der Waals surface area contributed by atoms with Crippen molar-refractivity contribution < 1.29 is 32.7 Å². The first kappa shape index (κ1) is 32.0. The van der Waals surface area contributed by atoms with Crippen molar-refractivity contribution in [2.45, 2.75) is 95.2 Å². The number of furan rings is 1. The molecule has 45 heavy (non-hydrogen) atoms. The van der Waals surface area contributed by atoms with Gasteiger partial charge in [0.25, 0.3) is 0 Å². The third-order valence-corrected chi connectivity index (χ3v) is 11.0. The maximum absolute atomic E-state index is 14.1. The second-order valence-electron chi connectivity index (χ2n) is 13.8. The van der Waals surface area contributed by atoms with E-state index in [1.165, 1.54) is 0 Å². The Morgan fingerprint density at radius 3 is 2.47 bits per heavy atom. The molecule has 1 aliphatic heterocycles. The van der Waals surface area contributed by atoms with Gasteiger partial charge in [0.1, 0.15) is 11.6 Å². The number of esters is 1. The number of alkyl halides is 1. The second-order valence-corrected chi connectivity index (χ2v) is 13.8. The topological polar surface area (TPSA) is 124 Å². The summed E-state index contributed by atoms with van der Waals surface area (Å²) in [6.45, 7) is 0.566. The zero-order valence-corrected chi connectivity index (χ0v) is 26.4. The van der Waals surface area contributed by atoms with Gasteiger partial charge in [0.15, 0.2) is 0 Å². The number of nitrogens with two attached hydrogens (primary N) is 1. The molecule has 2 amide bonds. The number of carbonyl (C=O) groups excluding carboxylic acids is 3. The fourth-order valence-corrected chi connectivity index (χ4v) is 8.02. The quantitative estimate of drug-likeness (QED) is 0.300. The van der Waals surface area contributed by atoms with Crippen LogP contribution in [0.3, 0.4) is 0 Å². The summed E-state index contributed by atoms with van der Waals surface area (Å²) in [5, 5.41) is 3.81. The Kier molecular flexibility index (Phi) is 10.1. The summed E-state index contributed by atoms with van der Waals surface area (Å²) >= 11 is 0. The Hall–Kier alpha value is -2.98. The number of likely N-dealkylation sites (tertiary alicyclic amines) is 1. The summed E-state index contributed by atoms with van der Waals surface area (Å²) in [5.74, 6) is 0.531. The van der Waals surface area contributed by atoms with Crippen molar-refractivity contribution >= 4 is 34.4 Å². The Morgan fingerprint density at radius 2 is 1.78 bits per heavy atom. The zero-order chi connectivity index (χ0) is 31.5. The number of anilines is 1. The van der Waals surface area contributed by atoms with Crippen molar-refractivity contribution in [3.05, 3.63) is 30.0 Å². The van der Waals surface area contributed by atoms with Crippen LogP contribution in [0.4, 0.5) is 10.1 Å². The van der Waals surface area contributed by atoms with Gasteiger partial charge in [0, 0.05) is 36.7 Å². The highest BCUT2D eigenvalue weighted by molar-refractivity contribution is 6.00. The highest BCUT2D eigenvalue weighted by Crippen LogP contribution is 2.42. The minimum absolute atomic E-state index is 0.0559. The van der Waals surface area contributed by atoms with Crippen LogP contribution in [0.25, 0.3) is 11.0 Å². The molecule has 6 rings (SSSR count). The molecule has 4 aliphatic rings. The molecular weight excluding hydrogens is 577 g/mol. The van der Waals surface area contributed by atoms with Crippen LogP contribution < -0.4 is 11.1 Å². The molecule has 0 radical (unpaired) electrons. The van der Waals surface area contributed by atoms with Crippen molar-refractivity contribution in [1.29, 1.82) is 0 Å². The molecule has 10 heteroatoms. The van der Waals surface area contributed by atoms with E-state index in [9.17, 15) is 18.8 Å². The van der Waals surface area contributed by atoms with Crippen molar-refractivity contribution in [2.75, 3.05) is 32.3 Å². The first-order valence-electron chi connectivity index (χ1n) is 17.0. The summed E-state index contributed by atoms with van der Waals surface area (Å²) < 4.78 is 29.6. The molecule has 246 valence electrons. The van der Waals surface area contributed by atoms with E-state index in [2.05, 4.69) is 5.32 Å². The predicted molar refractivity (Wildman–Crippen MR) is 168 cm³/mol. The summed E-state index contributed by atoms with van der Waals surface area (Å²) in [6.07, 6.45) is 10.6. The van der Waals surface area contributed by atoms with Crippen LogP contribution in [0.15, 0.2) is 28.7 Å². The first-order valence-corrected chi connectivity index (χ1v) is 17.0. The van der Waals surface area contributed by atoms with Crippen LogP contribution in [-0.2, 0) is 19.1 Å². The van der Waals surface area contributed by atoms with Crippen LogP contribution >= 0.6 is 0 Å². The molecule has 9 nitrogen and oxygen atoms in total. The smallest absolute Gasteiger partial charge is 0.374 e. The number of nitrogens with zero attached hydrogens (tertiary/aromatic N) is 1. The largest absolute Gasteiger partial charge is 0.460 e. The molecule has 0 spiro atoms. The molecule has 1 aromatic carbocycles. The van der Waals surface area contributed by atoms with Gasteiger partial charge in [-0.25, -0.2) is 4.79 Å². The van der Waals surface area contributed by atoms with Crippen LogP contribution in [0.1, 0.15) is 87.6 Å². The van der Waals surface area contributed by atoms with E-state index >= 15 is 0 Å². The number of amides is 2. The van der Waals surface area contributed by atoms with Gasteiger partial charge in [-0.15, -0.1) is 0 Å². The molecule has 3 saturated carbocycles. The van der Waals surface area contributed by atoms with Gasteiger partial charge < -0.3 is 29.8 Å². The van der Waals surface area contributed by atoms with Gasteiger partial charge in [-0.05, 0) is 125 Å². The molecule has 4 fully saturated rings. The summed E-state index contributed by atoms with van der Waals surface area (Å²) in [6, 6.07) is 6.25. The van der Waals surface area contributed by atoms with Crippen LogP contribution in [-0.4, -0.2) is 67.8 Å². The summed E-state index contributed by atoms with van der Waals surface area (Å²) in [7, 11) is 1.76. The second kappa shape index (κ2) is 14.2. The average molecular weight is 626 g/mol. The molecular formula is C35H48FN3O6. The lowest BCUT2D eigenvalue weighted by Gasteiger charge is -2.37. The monoisotopic (exact) mass is 625 g/mol. The molecule has 2 heterocycles. The van der Waals surface area contributed by atoms with Gasteiger partial charge >= 0.3 is 5.97 Å². The predicted octanol–water partition coefficient (Wildman–Crippen LogP) is 5.85. The lowest BCUT2D eigenvalue weighted by Crippen LogP contribution is -2.50. The van der Waals surface area contributed by atoms with E-state index < -0.39 is 18.7 Å². The molecule has 0 unspecified atom stereocenters. The Morgan fingerprint density at radius 1 is 1.02 bits per heavy atom. The van der Waals surface area contributed by atoms with E-state index in [4.69, 9.17) is 19.6 Å². The van der Waals surface area contributed by atoms with E-state index in [1.54, 1.807) is 31.4 Å². The molecule has 1 saturated heterocycles. The van der Waals surface area contributed by atoms with E-state index in [0.29, 0.717) is 48.1 Å². The zero-order valence-electron chi connectivity index (χ0n) is 26.4. The average Bonchev–Trinajstić information content (AvgIpc) is 3.62. The van der Waals surface area contributed by atoms with Crippen LogP contribution in [0, 0.1) is 29.6 Å². The lowest BCUT2D eigenvalue weighted by atomic mass is 9.75. The summed E-state index contributed by atoms with van der Waals surface area (Å²) in [5.41, 5.74) is 7.34. The fourth-order valence-electron chi connectivity index (χ4n) is 8.02. The molecule has 2 aromatic rings. The number of nitrogens with one attached hydrogen (secondary N) is 1. The van der Waals surface area contributed by atoms with Crippen molar-refractivity contribution in [2.24, 2.45) is 35.3 Å². The molecule has 3 atom stereocenters. The maximum Gasteiger partial charge on any atom is 0.374 e. The van der Waals surface area contributed by atoms with Gasteiger partial charge in [-0.2, -0.15) is 0 Å². The van der Waals surface area contributed by atoms with Gasteiger partial charge in [0.2, 0.25) is 17.6 Å². The molecule has 3 N–H and O–H groups in total. The SMILES string of the molecule is COC1CCC([C@@H]2CCN(C(=O)[C@H]3CC[C@H]([C@H](N)CCF)CC3)[C@@H]2C(=O)Nc2ccc3oc(C(=O)OCC4CC4)cc3c2)CC1. The number of halogens is 1. The Balaban J connectivity index is 1.16. The molecule has 3 aliphatic carbocycles. The Bertz CT molecular complexity index is 1340. The fraction of sp³-hybridized carbons (Fsp3) is 0.686. The lowest BCUT2D eigenvalue weighted by molar-refractivity contribution is -0.142. The van der Waals surface area contributed by atoms with E-state index in [-0.39, 0.29) is 47.5 Å². The number of ether oxygens (including phenoxy) is 2. The Labute approximate surface area is 264 Å². The standard InChI is InChI=1S/C35H48FN3O6/c1-43-27-11-8-22(9-12-27)28-15-17-39(34(41)24-6-4-23(5-7-24)29(37)14-16-36)32(28)33(40)38-26-10-13-30-25(18-26)19-31(45-30)35(42)44-20-21-2-3-21/h10,13,18-19,21-24,27-29,32H,2-9,11-12,14-17,20,37H2,1H3,(H,38,40)/t22?,23-,24-,27?,28-,29+,32-/m0/s1. The summed E-state index contributed by atoms with van der Waals surface area (Å²) in [4.78, 5) is 42.5. The normalized spacial score (nSPS) is 29.4.